The third-order valence-electron chi connectivity index (χ3n) is 5.19. The molecule has 0 aromatic heterocycles. The number of hydrogen-bond acceptors (Lipinski definition) is 4. The van der Waals surface area contributed by atoms with E-state index in [2.05, 4.69) is 0 Å². The first-order valence-electron chi connectivity index (χ1n) is 9.40. The lowest BCUT2D eigenvalue weighted by molar-refractivity contribution is -0.914. The number of quaternary nitrogens is 1. The largest absolute Gasteiger partial charge is 0.493 e. The average molecular weight is 411 g/mol. The van der Waals surface area contributed by atoms with Crippen LogP contribution in [0.4, 0.5) is 18.9 Å². The highest BCUT2D eigenvalue weighted by Gasteiger charge is 2.31. The van der Waals surface area contributed by atoms with Crippen LogP contribution in [0.5, 0.6) is 17.2 Å². The van der Waals surface area contributed by atoms with E-state index in [0.717, 1.165) is 31.3 Å². The van der Waals surface area contributed by atoms with E-state index < -0.39 is 11.7 Å². The molecule has 0 atom stereocenters. The lowest BCUT2D eigenvalue weighted by atomic mass is 10.1. The van der Waals surface area contributed by atoms with Gasteiger partial charge in [-0.3, -0.25) is 0 Å². The zero-order valence-electron chi connectivity index (χ0n) is 16.8. The van der Waals surface area contributed by atoms with E-state index in [4.69, 9.17) is 14.2 Å². The van der Waals surface area contributed by atoms with Crippen molar-refractivity contribution < 1.29 is 32.3 Å². The Hall–Kier alpha value is -2.61. The minimum Gasteiger partial charge on any atom is -0.493 e. The first kappa shape index (κ1) is 21.1. The summed E-state index contributed by atoms with van der Waals surface area (Å²) in [5, 5.41) is 0. The van der Waals surface area contributed by atoms with Crippen molar-refractivity contribution in [3.8, 4) is 17.2 Å². The molecule has 0 saturated carbocycles. The SMILES string of the molecule is COc1cc(C[NH+]2CCN(c3cccc(C(F)(F)F)c3)CC2)cc(OC)c1OC. The van der Waals surface area contributed by atoms with Crippen LogP contribution in [0, 0.1) is 0 Å². The highest BCUT2D eigenvalue weighted by atomic mass is 19.4. The van der Waals surface area contributed by atoms with Gasteiger partial charge >= 0.3 is 6.18 Å². The highest BCUT2D eigenvalue weighted by molar-refractivity contribution is 5.53. The molecule has 2 aromatic carbocycles. The Balaban J connectivity index is 1.66. The maximum absolute atomic E-state index is 13.0. The zero-order valence-corrected chi connectivity index (χ0v) is 16.8. The molecule has 2 aromatic rings. The van der Waals surface area contributed by atoms with E-state index in [-0.39, 0.29) is 0 Å². The van der Waals surface area contributed by atoms with Crippen LogP contribution >= 0.6 is 0 Å². The molecule has 1 fully saturated rings. The monoisotopic (exact) mass is 411 g/mol. The lowest BCUT2D eigenvalue weighted by Gasteiger charge is -2.34. The molecule has 1 N–H and O–H groups in total. The molecule has 158 valence electrons. The van der Waals surface area contributed by atoms with Crippen LogP contribution in [0.25, 0.3) is 0 Å². The fraction of sp³-hybridized carbons (Fsp3) is 0.429. The molecule has 0 spiro atoms. The quantitative estimate of drug-likeness (QED) is 0.793. The Labute approximate surface area is 168 Å². The number of rotatable bonds is 6. The van der Waals surface area contributed by atoms with E-state index in [1.807, 2.05) is 17.0 Å². The number of benzene rings is 2. The minimum atomic E-state index is -4.32. The van der Waals surface area contributed by atoms with Gasteiger partial charge in [-0.25, -0.2) is 0 Å². The number of ether oxygens (including phenoxy) is 3. The van der Waals surface area contributed by atoms with Gasteiger partial charge in [0.15, 0.2) is 11.5 Å². The Morgan fingerprint density at radius 2 is 1.55 bits per heavy atom. The molecule has 0 unspecified atom stereocenters. The van der Waals surface area contributed by atoms with Crippen molar-refractivity contribution in [2.24, 2.45) is 0 Å². The van der Waals surface area contributed by atoms with Crippen molar-refractivity contribution in [3.63, 3.8) is 0 Å². The van der Waals surface area contributed by atoms with E-state index in [1.54, 1.807) is 27.4 Å². The van der Waals surface area contributed by atoms with Gasteiger partial charge in [0.25, 0.3) is 0 Å². The van der Waals surface area contributed by atoms with Gasteiger partial charge in [-0.1, -0.05) is 6.07 Å². The second kappa shape index (κ2) is 8.82. The number of piperazine rings is 1. The molecule has 1 aliphatic heterocycles. The van der Waals surface area contributed by atoms with Gasteiger partial charge in [-0.2, -0.15) is 13.2 Å². The number of alkyl halides is 3. The first-order valence-corrected chi connectivity index (χ1v) is 9.40. The van der Waals surface area contributed by atoms with Crippen LogP contribution in [-0.4, -0.2) is 47.5 Å². The summed E-state index contributed by atoms with van der Waals surface area (Å²) in [5.41, 5.74) is 1.07. The molecule has 1 saturated heterocycles. The third-order valence-corrected chi connectivity index (χ3v) is 5.19. The van der Waals surface area contributed by atoms with E-state index in [0.29, 0.717) is 36.0 Å². The molecule has 5 nitrogen and oxygen atoms in total. The minimum absolute atomic E-state index is 0.558. The molecule has 0 amide bonds. The lowest BCUT2D eigenvalue weighted by Crippen LogP contribution is -3.13. The Bertz CT molecular complexity index is 809. The molecule has 29 heavy (non-hydrogen) atoms. The van der Waals surface area contributed by atoms with Gasteiger partial charge in [-0.15, -0.1) is 0 Å². The molecular weight excluding hydrogens is 385 g/mol. The van der Waals surface area contributed by atoms with Gasteiger partial charge in [0, 0.05) is 11.3 Å². The van der Waals surface area contributed by atoms with Crippen LogP contribution < -0.4 is 24.0 Å². The second-order valence-corrected chi connectivity index (χ2v) is 7.00. The van der Waals surface area contributed by atoms with Gasteiger partial charge in [0.05, 0.1) is 53.1 Å². The van der Waals surface area contributed by atoms with E-state index in [9.17, 15) is 13.2 Å². The maximum atomic E-state index is 13.0. The van der Waals surface area contributed by atoms with Crippen molar-refractivity contribution in [2.75, 3.05) is 52.4 Å². The zero-order chi connectivity index (χ0) is 21.0. The number of methoxy groups -OCH3 is 3. The topological polar surface area (TPSA) is 35.4 Å². The maximum Gasteiger partial charge on any atom is 0.416 e. The Morgan fingerprint density at radius 3 is 2.07 bits per heavy atom. The predicted molar refractivity (Wildman–Crippen MR) is 104 cm³/mol. The number of nitrogens with one attached hydrogen (secondary N) is 1. The number of nitrogens with zero attached hydrogens (tertiary/aromatic N) is 1. The second-order valence-electron chi connectivity index (χ2n) is 7.00. The molecule has 0 radical (unpaired) electrons. The fourth-order valence-corrected chi connectivity index (χ4v) is 3.66. The van der Waals surface area contributed by atoms with Crippen molar-refractivity contribution in [2.45, 2.75) is 12.7 Å². The van der Waals surface area contributed by atoms with Crippen molar-refractivity contribution in [1.82, 2.24) is 0 Å². The van der Waals surface area contributed by atoms with Gasteiger partial charge in [-0.05, 0) is 30.3 Å². The summed E-state index contributed by atoms with van der Waals surface area (Å²) in [6.07, 6.45) is -4.32. The summed E-state index contributed by atoms with van der Waals surface area (Å²) in [6.45, 7) is 3.81. The summed E-state index contributed by atoms with van der Waals surface area (Å²) >= 11 is 0. The molecule has 8 heteroatoms. The Kier molecular flexibility index (Phi) is 6.42. The van der Waals surface area contributed by atoms with Gasteiger partial charge in [0.1, 0.15) is 6.54 Å². The molecule has 3 rings (SSSR count). The van der Waals surface area contributed by atoms with Crippen LogP contribution in [0.3, 0.4) is 0 Å². The van der Waals surface area contributed by atoms with Crippen LogP contribution in [0.1, 0.15) is 11.1 Å². The van der Waals surface area contributed by atoms with Crippen LogP contribution in [0.15, 0.2) is 36.4 Å². The smallest absolute Gasteiger partial charge is 0.416 e. The standard InChI is InChI=1S/C21H25F3N2O3/c1-27-18-11-15(12-19(28-2)20(18)29-3)14-25-7-9-26(10-8-25)17-6-4-5-16(13-17)21(22,23)24/h4-6,11-13H,7-10,14H2,1-3H3/p+1. The first-order chi connectivity index (χ1) is 13.9. The Morgan fingerprint density at radius 1 is 0.931 bits per heavy atom. The average Bonchev–Trinajstić information content (AvgIpc) is 2.73. The highest BCUT2D eigenvalue weighted by Crippen LogP contribution is 2.38. The van der Waals surface area contributed by atoms with Crippen LogP contribution in [0.2, 0.25) is 0 Å². The van der Waals surface area contributed by atoms with Crippen LogP contribution in [-0.2, 0) is 12.7 Å². The summed E-state index contributed by atoms with van der Waals surface area (Å²) in [6, 6.07) is 9.41. The van der Waals surface area contributed by atoms with Crippen molar-refractivity contribution in [3.05, 3.63) is 47.5 Å². The molecule has 0 bridgehead atoms. The molecule has 1 aliphatic rings. The summed E-state index contributed by atoms with van der Waals surface area (Å²) < 4.78 is 55.1. The van der Waals surface area contributed by atoms with Crippen molar-refractivity contribution in [1.29, 1.82) is 0 Å². The molecule has 1 heterocycles. The molecule has 0 aliphatic carbocycles. The van der Waals surface area contributed by atoms with Gasteiger partial charge in [0.2, 0.25) is 5.75 Å². The predicted octanol–water partition coefficient (Wildman–Crippen LogP) is 2.64. The van der Waals surface area contributed by atoms with E-state index in [1.165, 1.54) is 17.0 Å². The van der Waals surface area contributed by atoms with Gasteiger partial charge < -0.3 is 24.0 Å². The number of halogens is 3. The van der Waals surface area contributed by atoms with Crippen molar-refractivity contribution >= 4 is 5.69 Å². The summed E-state index contributed by atoms with van der Waals surface area (Å²) in [7, 11) is 4.74. The normalized spacial score (nSPS) is 15.3. The van der Waals surface area contributed by atoms with E-state index >= 15 is 0 Å². The summed E-state index contributed by atoms with van der Waals surface area (Å²) in [5.74, 6) is 1.79. The fourth-order valence-electron chi connectivity index (χ4n) is 3.66. The number of anilines is 1. The summed E-state index contributed by atoms with van der Waals surface area (Å²) in [4.78, 5) is 3.36. The molecular formula is C21H26F3N2O3+. The number of hydrogen-bond donors (Lipinski definition) is 1. The third kappa shape index (κ3) is 4.87.